The molecule has 2 N–H and O–H groups in total. The van der Waals surface area contributed by atoms with Crippen LogP contribution in [-0.2, 0) is 15.6 Å². The van der Waals surface area contributed by atoms with Gasteiger partial charge in [-0.05, 0) is 6.07 Å². The first-order chi connectivity index (χ1) is 9.63. The van der Waals surface area contributed by atoms with Crippen molar-refractivity contribution in [2.75, 3.05) is 37.6 Å². The normalized spacial score (nSPS) is 10.6. The van der Waals surface area contributed by atoms with Crippen LogP contribution in [0, 0.1) is 0 Å². The molecule has 0 saturated heterocycles. The summed E-state index contributed by atoms with van der Waals surface area (Å²) in [6, 6.07) is 6.50. The second-order valence-corrected chi connectivity index (χ2v) is 6.40. The van der Waals surface area contributed by atoms with Gasteiger partial charge in [0, 0.05) is 16.5 Å². The first kappa shape index (κ1) is 16.7. The summed E-state index contributed by atoms with van der Waals surface area (Å²) in [6.45, 7) is -0.0376. The molecule has 0 unspecified atom stereocenters. The van der Waals surface area contributed by atoms with Gasteiger partial charge in [-0.25, -0.2) is 4.79 Å². The molecular formula is C14H19O5S+. The summed E-state index contributed by atoms with van der Waals surface area (Å²) in [5.41, 5.74) is 0.573. The maximum Gasteiger partial charge on any atom is 0.338 e. The number of aliphatic hydroxyl groups is 2. The fourth-order valence-corrected chi connectivity index (χ4v) is 3.32. The number of ketones is 1. The summed E-state index contributed by atoms with van der Waals surface area (Å²) in [7, 11) is 0.889. The number of esters is 1. The fourth-order valence-electron chi connectivity index (χ4n) is 1.78. The summed E-state index contributed by atoms with van der Waals surface area (Å²) in [5.74, 6) is 0.462. The van der Waals surface area contributed by atoms with Crippen molar-refractivity contribution in [2.24, 2.45) is 0 Å². The van der Waals surface area contributed by atoms with E-state index in [9.17, 15) is 9.59 Å². The van der Waals surface area contributed by atoms with Gasteiger partial charge in [-0.15, -0.1) is 0 Å². The van der Waals surface area contributed by atoms with Crippen molar-refractivity contribution < 1.29 is 24.5 Å². The maximum atomic E-state index is 12.3. The van der Waals surface area contributed by atoms with Gasteiger partial charge in [-0.1, -0.05) is 18.2 Å². The quantitative estimate of drug-likeness (QED) is 0.409. The third-order valence-corrected chi connectivity index (χ3v) is 4.92. The molecular weight excluding hydrogens is 280 g/mol. The monoisotopic (exact) mass is 299 g/mol. The molecule has 1 aromatic carbocycles. The molecule has 0 aliphatic rings. The molecule has 0 aromatic heterocycles. The van der Waals surface area contributed by atoms with Crippen molar-refractivity contribution >= 4 is 22.6 Å². The molecule has 1 rings (SSSR count). The number of ether oxygens (including phenoxy) is 1. The lowest BCUT2D eigenvalue weighted by Crippen LogP contribution is -2.26. The van der Waals surface area contributed by atoms with Crippen LogP contribution in [0.2, 0.25) is 0 Å². The van der Waals surface area contributed by atoms with Crippen molar-refractivity contribution in [1.29, 1.82) is 0 Å². The molecule has 0 aliphatic heterocycles. The highest BCUT2D eigenvalue weighted by Crippen LogP contribution is 2.13. The zero-order valence-corrected chi connectivity index (χ0v) is 12.2. The Balaban J connectivity index is 2.88. The van der Waals surface area contributed by atoms with Gasteiger partial charge in [0.05, 0.1) is 25.9 Å². The highest BCUT2D eigenvalue weighted by Gasteiger charge is 2.25. The predicted molar refractivity (Wildman–Crippen MR) is 78.2 cm³/mol. The van der Waals surface area contributed by atoms with Crippen LogP contribution in [0.5, 0.6) is 0 Å². The summed E-state index contributed by atoms with van der Waals surface area (Å²) < 4.78 is 4.66. The third-order valence-electron chi connectivity index (χ3n) is 2.73. The highest BCUT2D eigenvalue weighted by atomic mass is 32.2. The Morgan fingerprint density at radius 1 is 1.10 bits per heavy atom. The minimum atomic E-state index is -0.543. The van der Waals surface area contributed by atoms with Crippen LogP contribution in [0.1, 0.15) is 20.7 Å². The molecule has 0 bridgehead atoms. The lowest BCUT2D eigenvalue weighted by Gasteiger charge is -2.08. The largest absolute Gasteiger partial charge is 0.465 e. The van der Waals surface area contributed by atoms with Crippen molar-refractivity contribution in [1.82, 2.24) is 0 Å². The smallest absolute Gasteiger partial charge is 0.338 e. The predicted octanol–water partition coefficient (Wildman–Crippen LogP) is 0.259. The Hall–Kier alpha value is -1.37. The molecule has 0 radical (unpaired) electrons. The number of hydrogen-bond donors (Lipinski definition) is 2. The molecule has 0 heterocycles. The minimum Gasteiger partial charge on any atom is -0.465 e. The molecule has 0 spiro atoms. The van der Waals surface area contributed by atoms with E-state index in [-0.39, 0.29) is 41.2 Å². The van der Waals surface area contributed by atoms with Gasteiger partial charge in [0.25, 0.3) is 0 Å². The average Bonchev–Trinajstić information content (AvgIpc) is 2.47. The van der Waals surface area contributed by atoms with E-state index >= 15 is 0 Å². The molecule has 0 amide bonds. The molecule has 0 aliphatic carbocycles. The third kappa shape index (κ3) is 4.63. The van der Waals surface area contributed by atoms with Crippen molar-refractivity contribution in [2.45, 2.75) is 0 Å². The van der Waals surface area contributed by atoms with Gasteiger partial charge in [0.1, 0.15) is 11.5 Å². The van der Waals surface area contributed by atoms with Gasteiger partial charge in [-0.2, -0.15) is 0 Å². The Labute approximate surface area is 120 Å². The van der Waals surface area contributed by atoms with Gasteiger partial charge >= 0.3 is 5.97 Å². The van der Waals surface area contributed by atoms with Crippen LogP contribution in [0.15, 0.2) is 24.3 Å². The Kier molecular flexibility index (Phi) is 7.28. The van der Waals surface area contributed by atoms with Crippen molar-refractivity contribution in [3.05, 3.63) is 35.4 Å². The molecule has 1 aromatic rings. The summed E-state index contributed by atoms with van der Waals surface area (Å²) in [4.78, 5) is 23.9. The number of Topliss-reactive ketones (excluding diaryl/α,β-unsaturated/α-hetero) is 1. The molecule has 0 saturated carbocycles. The molecule has 20 heavy (non-hydrogen) atoms. The van der Waals surface area contributed by atoms with E-state index in [2.05, 4.69) is 4.74 Å². The first-order valence-corrected chi connectivity index (χ1v) is 7.93. The second-order valence-electron chi connectivity index (χ2n) is 4.07. The SMILES string of the molecule is COC(=O)c1ccccc1C(=O)C[S+](CCO)CCO. The lowest BCUT2D eigenvalue weighted by molar-refractivity contribution is 0.0597. The van der Waals surface area contributed by atoms with E-state index in [1.807, 2.05) is 0 Å². The zero-order chi connectivity index (χ0) is 15.0. The molecule has 5 nitrogen and oxygen atoms in total. The van der Waals surface area contributed by atoms with E-state index in [1.54, 1.807) is 24.3 Å². The summed E-state index contributed by atoms with van der Waals surface area (Å²) in [6.07, 6.45) is 0. The topological polar surface area (TPSA) is 83.8 Å². The standard InChI is InChI=1S/C14H19O5S/c1-19-14(18)12-5-3-2-4-11(12)13(17)10-20(8-6-15)9-7-16/h2-5,15-16H,6-10H2,1H3/q+1. The Morgan fingerprint density at radius 3 is 2.15 bits per heavy atom. The van der Waals surface area contributed by atoms with Crippen LogP contribution < -0.4 is 0 Å². The Morgan fingerprint density at radius 2 is 1.65 bits per heavy atom. The molecule has 0 fully saturated rings. The number of rotatable bonds is 8. The zero-order valence-electron chi connectivity index (χ0n) is 11.4. The van der Waals surface area contributed by atoms with Gasteiger partial charge < -0.3 is 14.9 Å². The molecule has 110 valence electrons. The van der Waals surface area contributed by atoms with Crippen LogP contribution >= 0.6 is 0 Å². The first-order valence-electron chi connectivity index (χ1n) is 6.20. The van der Waals surface area contributed by atoms with Crippen LogP contribution in [0.4, 0.5) is 0 Å². The van der Waals surface area contributed by atoms with Crippen LogP contribution in [-0.4, -0.2) is 59.5 Å². The number of benzene rings is 1. The van der Waals surface area contributed by atoms with E-state index < -0.39 is 5.97 Å². The number of carbonyl (C=O) groups excluding carboxylic acids is 2. The van der Waals surface area contributed by atoms with E-state index in [1.165, 1.54) is 7.11 Å². The minimum absolute atomic E-state index is 0.0188. The van der Waals surface area contributed by atoms with Crippen molar-refractivity contribution in [3.8, 4) is 0 Å². The average molecular weight is 299 g/mol. The number of carbonyl (C=O) groups is 2. The van der Waals surface area contributed by atoms with Gasteiger partial charge in [0.15, 0.2) is 5.75 Å². The van der Waals surface area contributed by atoms with E-state index in [0.29, 0.717) is 17.1 Å². The van der Waals surface area contributed by atoms with Gasteiger partial charge in [0.2, 0.25) is 5.78 Å². The van der Waals surface area contributed by atoms with E-state index in [0.717, 1.165) is 0 Å². The van der Waals surface area contributed by atoms with Gasteiger partial charge in [-0.3, -0.25) is 4.79 Å². The summed E-state index contributed by atoms with van der Waals surface area (Å²) >= 11 is 0. The lowest BCUT2D eigenvalue weighted by atomic mass is 10.0. The Bertz CT molecular complexity index is 455. The maximum absolute atomic E-state index is 12.3. The summed E-state index contributed by atoms with van der Waals surface area (Å²) in [5, 5.41) is 17.9. The van der Waals surface area contributed by atoms with Crippen molar-refractivity contribution in [3.63, 3.8) is 0 Å². The van der Waals surface area contributed by atoms with E-state index in [4.69, 9.17) is 10.2 Å². The number of aliphatic hydroxyl groups excluding tert-OH is 2. The van der Waals surface area contributed by atoms with Crippen LogP contribution in [0.25, 0.3) is 0 Å². The molecule has 6 heteroatoms. The van der Waals surface area contributed by atoms with Crippen LogP contribution in [0.3, 0.4) is 0 Å². The number of methoxy groups -OCH3 is 1. The fraction of sp³-hybridized carbons (Fsp3) is 0.429. The number of hydrogen-bond acceptors (Lipinski definition) is 5. The molecule has 0 atom stereocenters. The second kappa shape index (κ2) is 8.73. The highest BCUT2D eigenvalue weighted by molar-refractivity contribution is 7.97.